The third-order valence-corrected chi connectivity index (χ3v) is 4.95. The van der Waals surface area contributed by atoms with Gasteiger partial charge in [0, 0.05) is 13.2 Å². The number of rotatable bonds is 8. The topological polar surface area (TPSA) is 12.5 Å². The summed E-state index contributed by atoms with van der Waals surface area (Å²) in [6, 6.07) is 21.2. The number of piperidine rings is 1. The first-order valence-corrected chi connectivity index (χ1v) is 9.46. The third-order valence-electron chi connectivity index (χ3n) is 4.95. The van der Waals surface area contributed by atoms with Gasteiger partial charge < -0.3 is 4.74 Å². The Hall–Kier alpha value is -1.90. The van der Waals surface area contributed by atoms with Crippen molar-refractivity contribution in [2.24, 2.45) is 5.92 Å². The first kappa shape index (κ1) is 17.9. The summed E-state index contributed by atoms with van der Waals surface area (Å²) < 4.78 is 5.78. The van der Waals surface area contributed by atoms with Crippen LogP contribution >= 0.6 is 0 Å². The van der Waals surface area contributed by atoms with Gasteiger partial charge in [0.25, 0.3) is 0 Å². The molecule has 0 N–H and O–H groups in total. The van der Waals surface area contributed by atoms with E-state index in [1.807, 2.05) is 6.07 Å². The van der Waals surface area contributed by atoms with Gasteiger partial charge in [0.15, 0.2) is 0 Å². The largest absolute Gasteiger partial charge is 0.377 e. The summed E-state index contributed by atoms with van der Waals surface area (Å²) in [5.74, 6) is 0.824. The summed E-state index contributed by atoms with van der Waals surface area (Å²) in [5.41, 5.74) is 2.66. The first-order chi connectivity index (χ1) is 12.4. The molecule has 1 fully saturated rings. The number of hydrogen-bond acceptors (Lipinski definition) is 2. The number of benzene rings is 2. The maximum Gasteiger partial charge on any atom is 0.0650 e. The molecule has 0 amide bonds. The summed E-state index contributed by atoms with van der Waals surface area (Å²) in [6.07, 6.45) is 8.03. The molecular weight excluding hydrogens is 306 g/mol. The molecule has 2 nitrogen and oxygen atoms in total. The normalized spacial score (nSPS) is 16.5. The van der Waals surface area contributed by atoms with Crippen LogP contribution in [0.4, 0.5) is 0 Å². The lowest BCUT2D eigenvalue weighted by Gasteiger charge is -2.32. The average molecular weight is 335 g/mol. The van der Waals surface area contributed by atoms with E-state index in [9.17, 15) is 0 Å². The zero-order chi connectivity index (χ0) is 17.2. The predicted molar refractivity (Wildman–Crippen MR) is 105 cm³/mol. The molecule has 2 aromatic carbocycles. The van der Waals surface area contributed by atoms with Crippen LogP contribution in [0.5, 0.6) is 0 Å². The Morgan fingerprint density at radius 1 is 0.920 bits per heavy atom. The molecule has 0 spiro atoms. The molecule has 1 aliphatic rings. The molecule has 1 aliphatic heterocycles. The zero-order valence-corrected chi connectivity index (χ0v) is 15.0. The quantitative estimate of drug-likeness (QED) is 0.628. The summed E-state index contributed by atoms with van der Waals surface area (Å²) in [5, 5.41) is 0. The van der Waals surface area contributed by atoms with Crippen molar-refractivity contribution in [2.45, 2.75) is 25.8 Å². The number of nitrogens with zero attached hydrogens (tertiary/aromatic N) is 1. The van der Waals surface area contributed by atoms with Crippen LogP contribution in [0.25, 0.3) is 6.08 Å². The fourth-order valence-corrected chi connectivity index (χ4v) is 3.42. The third kappa shape index (κ3) is 6.49. The fourth-order valence-electron chi connectivity index (χ4n) is 3.42. The van der Waals surface area contributed by atoms with Gasteiger partial charge in [-0.15, -0.1) is 0 Å². The molecule has 25 heavy (non-hydrogen) atoms. The van der Waals surface area contributed by atoms with Gasteiger partial charge in [-0.1, -0.05) is 72.8 Å². The van der Waals surface area contributed by atoms with Gasteiger partial charge in [0.2, 0.25) is 0 Å². The van der Waals surface area contributed by atoms with E-state index in [0.29, 0.717) is 6.61 Å². The van der Waals surface area contributed by atoms with Crippen LogP contribution in [-0.2, 0) is 11.3 Å². The van der Waals surface area contributed by atoms with Crippen LogP contribution in [0.15, 0.2) is 66.7 Å². The van der Waals surface area contributed by atoms with Gasteiger partial charge in [0.1, 0.15) is 0 Å². The van der Waals surface area contributed by atoms with Gasteiger partial charge in [-0.25, -0.2) is 0 Å². The molecular formula is C23H29NO. The summed E-state index contributed by atoms with van der Waals surface area (Å²) in [4.78, 5) is 2.58. The molecule has 0 unspecified atom stereocenters. The number of likely N-dealkylation sites (tertiary alicyclic amines) is 1. The Kier molecular flexibility index (Phi) is 7.29. The van der Waals surface area contributed by atoms with Crippen LogP contribution < -0.4 is 0 Å². The molecule has 0 aliphatic carbocycles. The Labute approximate surface area is 152 Å². The van der Waals surface area contributed by atoms with E-state index in [1.165, 1.54) is 43.5 Å². The van der Waals surface area contributed by atoms with E-state index in [0.717, 1.165) is 19.1 Å². The predicted octanol–water partition coefficient (Wildman–Crippen LogP) is 5.02. The molecule has 0 aromatic heterocycles. The lowest BCUT2D eigenvalue weighted by atomic mass is 9.93. The highest BCUT2D eigenvalue weighted by Gasteiger charge is 2.18. The zero-order valence-electron chi connectivity index (χ0n) is 15.0. The highest BCUT2D eigenvalue weighted by atomic mass is 16.5. The fraction of sp³-hybridized carbons (Fsp3) is 0.391. The Morgan fingerprint density at radius 2 is 1.60 bits per heavy atom. The summed E-state index contributed by atoms with van der Waals surface area (Å²) in [6.45, 7) is 5.11. The van der Waals surface area contributed by atoms with Crippen molar-refractivity contribution in [1.29, 1.82) is 0 Å². The first-order valence-electron chi connectivity index (χ1n) is 9.46. The Balaban J connectivity index is 1.26. The van der Waals surface area contributed by atoms with E-state index in [4.69, 9.17) is 4.74 Å². The van der Waals surface area contributed by atoms with Crippen molar-refractivity contribution >= 4 is 6.08 Å². The van der Waals surface area contributed by atoms with E-state index < -0.39 is 0 Å². The van der Waals surface area contributed by atoms with E-state index in [2.05, 4.69) is 71.6 Å². The van der Waals surface area contributed by atoms with Crippen LogP contribution in [0.3, 0.4) is 0 Å². The van der Waals surface area contributed by atoms with Gasteiger partial charge in [-0.2, -0.15) is 0 Å². The van der Waals surface area contributed by atoms with Crippen molar-refractivity contribution in [3.63, 3.8) is 0 Å². The van der Waals surface area contributed by atoms with E-state index in [-0.39, 0.29) is 0 Å². The average Bonchev–Trinajstić information content (AvgIpc) is 2.67. The van der Waals surface area contributed by atoms with Crippen LogP contribution in [0.1, 0.15) is 30.4 Å². The van der Waals surface area contributed by atoms with E-state index >= 15 is 0 Å². The summed E-state index contributed by atoms with van der Waals surface area (Å²) >= 11 is 0. The van der Waals surface area contributed by atoms with Crippen LogP contribution in [0.2, 0.25) is 0 Å². The highest BCUT2D eigenvalue weighted by Crippen LogP contribution is 2.21. The molecule has 3 rings (SSSR count). The maximum atomic E-state index is 5.78. The van der Waals surface area contributed by atoms with E-state index in [1.54, 1.807) is 0 Å². The second-order valence-electron chi connectivity index (χ2n) is 6.88. The SMILES string of the molecule is C(=C\c1ccccc1)/COCCC1CCN(Cc2ccccc2)CC1. The molecule has 2 aromatic rings. The molecule has 132 valence electrons. The minimum Gasteiger partial charge on any atom is -0.377 e. The van der Waals surface area contributed by atoms with Gasteiger partial charge in [-0.3, -0.25) is 4.90 Å². The van der Waals surface area contributed by atoms with Crippen molar-refractivity contribution in [3.8, 4) is 0 Å². The minimum absolute atomic E-state index is 0.710. The minimum atomic E-state index is 0.710. The Bertz CT molecular complexity index is 615. The van der Waals surface area contributed by atoms with Crippen molar-refractivity contribution in [2.75, 3.05) is 26.3 Å². The van der Waals surface area contributed by atoms with Gasteiger partial charge >= 0.3 is 0 Å². The summed E-state index contributed by atoms with van der Waals surface area (Å²) in [7, 11) is 0. The van der Waals surface area contributed by atoms with Gasteiger partial charge in [0.05, 0.1) is 6.61 Å². The van der Waals surface area contributed by atoms with Crippen molar-refractivity contribution < 1.29 is 4.74 Å². The lowest BCUT2D eigenvalue weighted by Crippen LogP contribution is -2.33. The number of hydrogen-bond donors (Lipinski definition) is 0. The van der Waals surface area contributed by atoms with Crippen molar-refractivity contribution in [1.82, 2.24) is 4.90 Å². The standard InChI is InChI=1S/C23H29NO/c1-3-8-21(9-4-1)12-7-18-25-19-15-22-13-16-24(17-14-22)20-23-10-5-2-6-11-23/h1-12,22H,13-20H2/b12-7+. The molecule has 0 saturated carbocycles. The molecule has 0 bridgehead atoms. The van der Waals surface area contributed by atoms with Crippen LogP contribution in [-0.4, -0.2) is 31.2 Å². The van der Waals surface area contributed by atoms with Crippen molar-refractivity contribution in [3.05, 3.63) is 77.9 Å². The molecule has 0 radical (unpaired) electrons. The number of ether oxygens (including phenoxy) is 1. The second kappa shape index (κ2) is 10.2. The monoisotopic (exact) mass is 335 g/mol. The smallest absolute Gasteiger partial charge is 0.0650 e. The molecule has 0 atom stereocenters. The molecule has 2 heteroatoms. The Morgan fingerprint density at radius 3 is 2.32 bits per heavy atom. The molecule has 1 heterocycles. The second-order valence-corrected chi connectivity index (χ2v) is 6.88. The van der Waals surface area contributed by atoms with Gasteiger partial charge in [-0.05, 0) is 49.4 Å². The highest BCUT2D eigenvalue weighted by molar-refractivity contribution is 5.48. The maximum absolute atomic E-state index is 5.78. The lowest BCUT2D eigenvalue weighted by molar-refractivity contribution is 0.116. The molecule has 1 saturated heterocycles. The van der Waals surface area contributed by atoms with Crippen LogP contribution in [0, 0.1) is 5.92 Å².